The number of nitrogens with one attached hydrogen (secondary N) is 3. The summed E-state index contributed by atoms with van der Waals surface area (Å²) in [7, 11) is 0. The molecule has 0 spiro atoms. The molecule has 1 saturated heterocycles. The van der Waals surface area contributed by atoms with Gasteiger partial charge < -0.3 is 25.8 Å². The molecule has 3 N–H and O–H groups in total. The van der Waals surface area contributed by atoms with Crippen molar-refractivity contribution in [2.24, 2.45) is 4.99 Å². The van der Waals surface area contributed by atoms with Crippen LogP contribution in [0.3, 0.4) is 0 Å². The lowest BCUT2D eigenvalue weighted by atomic mass is 10.1. The van der Waals surface area contributed by atoms with Gasteiger partial charge in [-0.2, -0.15) is 0 Å². The predicted octanol–water partition coefficient (Wildman–Crippen LogP) is 2.55. The van der Waals surface area contributed by atoms with Gasteiger partial charge in [0.1, 0.15) is 5.84 Å². The van der Waals surface area contributed by atoms with E-state index in [1.54, 1.807) is 4.90 Å². The second-order valence-electron chi connectivity index (χ2n) is 8.07. The molecule has 0 radical (unpaired) electrons. The highest BCUT2D eigenvalue weighted by atomic mass is 16.2. The molecule has 2 heterocycles. The molecule has 2 aliphatic heterocycles. The summed E-state index contributed by atoms with van der Waals surface area (Å²) in [6.07, 6.45) is -0.214. The third-order valence-corrected chi connectivity index (χ3v) is 5.59. The Morgan fingerprint density at radius 3 is 2.69 bits per heavy atom. The van der Waals surface area contributed by atoms with Crippen molar-refractivity contribution in [3.05, 3.63) is 59.7 Å². The van der Waals surface area contributed by atoms with Gasteiger partial charge in [0.2, 0.25) is 6.17 Å². The minimum absolute atomic E-state index is 0.233. The molecule has 0 aromatic heterocycles. The maximum Gasteiger partial charge on any atom is 0.321 e. The van der Waals surface area contributed by atoms with Crippen LogP contribution in [0.25, 0.3) is 0 Å². The molecule has 1 fully saturated rings. The van der Waals surface area contributed by atoms with Crippen molar-refractivity contribution in [2.45, 2.75) is 26.4 Å². The number of rotatable bonds is 4. The number of urea groups is 1. The Bertz CT molecular complexity index is 1020. The van der Waals surface area contributed by atoms with E-state index in [2.05, 4.69) is 20.9 Å². The summed E-state index contributed by atoms with van der Waals surface area (Å²) < 4.78 is 0. The Morgan fingerprint density at radius 1 is 1.16 bits per heavy atom. The summed E-state index contributed by atoms with van der Waals surface area (Å²) in [5, 5.41) is 8.97. The molecule has 8 heteroatoms. The van der Waals surface area contributed by atoms with Crippen molar-refractivity contribution in [2.75, 3.05) is 42.9 Å². The van der Waals surface area contributed by atoms with Crippen molar-refractivity contribution in [3.8, 4) is 0 Å². The first-order chi connectivity index (χ1) is 15.6. The maximum absolute atomic E-state index is 13.5. The SMILES string of the molecule is CCCN1C(=O)[C@H](NC(=O)Nc2cccc(C)c2)N=C(N2CCNCC2)c2ccccc21. The van der Waals surface area contributed by atoms with Crippen LogP contribution in [-0.2, 0) is 4.79 Å². The molecule has 32 heavy (non-hydrogen) atoms. The zero-order chi connectivity index (χ0) is 22.5. The van der Waals surface area contributed by atoms with E-state index in [-0.39, 0.29) is 5.91 Å². The Kier molecular flexibility index (Phi) is 6.70. The zero-order valence-corrected chi connectivity index (χ0v) is 18.6. The fraction of sp³-hybridized carbons (Fsp3) is 0.375. The number of fused-ring (bicyclic) bond motifs is 1. The highest BCUT2D eigenvalue weighted by molar-refractivity contribution is 6.12. The van der Waals surface area contributed by atoms with Crippen LogP contribution in [0, 0.1) is 6.92 Å². The monoisotopic (exact) mass is 434 g/mol. The highest BCUT2D eigenvalue weighted by Crippen LogP contribution is 2.27. The molecule has 4 rings (SSSR count). The first-order valence-electron chi connectivity index (χ1n) is 11.1. The Labute approximate surface area is 188 Å². The molecule has 1 atom stereocenters. The Morgan fingerprint density at radius 2 is 1.94 bits per heavy atom. The Hall–Kier alpha value is -3.39. The third-order valence-electron chi connectivity index (χ3n) is 5.59. The lowest BCUT2D eigenvalue weighted by Crippen LogP contribution is -2.50. The van der Waals surface area contributed by atoms with Gasteiger partial charge in [-0.1, -0.05) is 31.2 Å². The van der Waals surface area contributed by atoms with Gasteiger partial charge in [-0.15, -0.1) is 0 Å². The number of carbonyl (C=O) groups excluding carboxylic acids is 2. The topological polar surface area (TPSA) is 89.1 Å². The predicted molar refractivity (Wildman–Crippen MR) is 127 cm³/mol. The Balaban J connectivity index is 1.67. The number of anilines is 2. The van der Waals surface area contributed by atoms with Gasteiger partial charge in [-0.25, -0.2) is 9.79 Å². The number of nitrogens with zero attached hydrogens (tertiary/aromatic N) is 3. The molecular weight excluding hydrogens is 404 g/mol. The number of para-hydroxylation sites is 1. The second kappa shape index (κ2) is 9.82. The van der Waals surface area contributed by atoms with Gasteiger partial charge >= 0.3 is 6.03 Å². The number of aliphatic imine (C=N–C) groups is 1. The van der Waals surface area contributed by atoms with Crippen LogP contribution in [0.2, 0.25) is 0 Å². The summed E-state index contributed by atoms with van der Waals surface area (Å²) >= 11 is 0. The summed E-state index contributed by atoms with van der Waals surface area (Å²) in [6, 6.07) is 14.9. The third kappa shape index (κ3) is 4.75. The lowest BCUT2D eigenvalue weighted by molar-refractivity contribution is -0.120. The van der Waals surface area contributed by atoms with E-state index in [0.717, 1.165) is 55.2 Å². The molecule has 0 bridgehead atoms. The molecule has 168 valence electrons. The average Bonchev–Trinajstić information content (AvgIpc) is 2.90. The quantitative estimate of drug-likeness (QED) is 0.690. The minimum Gasteiger partial charge on any atom is -0.354 e. The minimum atomic E-state index is -1.01. The van der Waals surface area contributed by atoms with E-state index in [4.69, 9.17) is 4.99 Å². The van der Waals surface area contributed by atoms with Crippen LogP contribution in [0.1, 0.15) is 24.5 Å². The van der Waals surface area contributed by atoms with Crippen LogP contribution >= 0.6 is 0 Å². The van der Waals surface area contributed by atoms with E-state index in [0.29, 0.717) is 12.2 Å². The van der Waals surface area contributed by atoms with E-state index in [1.807, 2.05) is 62.4 Å². The molecule has 3 amide bonds. The molecule has 0 aliphatic carbocycles. The summed E-state index contributed by atoms with van der Waals surface area (Å²) in [5.41, 5.74) is 3.46. The second-order valence-corrected chi connectivity index (χ2v) is 8.07. The van der Waals surface area contributed by atoms with Crippen molar-refractivity contribution >= 4 is 29.1 Å². The first-order valence-corrected chi connectivity index (χ1v) is 11.1. The van der Waals surface area contributed by atoms with Gasteiger partial charge in [-0.3, -0.25) is 4.79 Å². The van der Waals surface area contributed by atoms with Gasteiger partial charge in [0.15, 0.2) is 0 Å². The van der Waals surface area contributed by atoms with Crippen molar-refractivity contribution in [1.29, 1.82) is 0 Å². The normalized spacial score (nSPS) is 18.5. The van der Waals surface area contributed by atoms with Crippen molar-refractivity contribution < 1.29 is 9.59 Å². The van der Waals surface area contributed by atoms with Crippen molar-refractivity contribution in [3.63, 3.8) is 0 Å². The molecule has 0 unspecified atom stereocenters. The number of amides is 3. The molecule has 2 aromatic carbocycles. The van der Waals surface area contributed by atoms with Gasteiger partial charge in [0.25, 0.3) is 5.91 Å². The number of hydrogen-bond acceptors (Lipinski definition) is 5. The van der Waals surface area contributed by atoms with Gasteiger partial charge in [-0.05, 0) is 43.2 Å². The van der Waals surface area contributed by atoms with Crippen LogP contribution < -0.4 is 20.9 Å². The summed E-state index contributed by atoms with van der Waals surface area (Å²) in [6.45, 7) is 7.82. The summed E-state index contributed by atoms with van der Waals surface area (Å²) in [5.74, 6) is 0.513. The molecule has 8 nitrogen and oxygen atoms in total. The van der Waals surface area contributed by atoms with Crippen LogP contribution in [-0.4, -0.2) is 61.6 Å². The molecular formula is C24H30N6O2. The fourth-order valence-corrected chi connectivity index (χ4v) is 4.10. The van der Waals surface area contributed by atoms with Crippen LogP contribution in [0.15, 0.2) is 53.5 Å². The number of amidine groups is 1. The molecule has 2 aromatic rings. The zero-order valence-electron chi connectivity index (χ0n) is 18.6. The van der Waals surface area contributed by atoms with Gasteiger partial charge in [0, 0.05) is 44.0 Å². The first kappa shape index (κ1) is 21.8. The largest absolute Gasteiger partial charge is 0.354 e. The van der Waals surface area contributed by atoms with Crippen LogP contribution in [0.5, 0.6) is 0 Å². The van der Waals surface area contributed by atoms with E-state index >= 15 is 0 Å². The van der Waals surface area contributed by atoms with E-state index in [9.17, 15) is 9.59 Å². The number of hydrogen-bond donors (Lipinski definition) is 3. The highest BCUT2D eigenvalue weighted by Gasteiger charge is 2.34. The lowest BCUT2D eigenvalue weighted by Gasteiger charge is -2.31. The van der Waals surface area contributed by atoms with E-state index in [1.165, 1.54) is 0 Å². The number of aryl methyl sites for hydroxylation is 1. The average molecular weight is 435 g/mol. The summed E-state index contributed by atoms with van der Waals surface area (Å²) in [4.78, 5) is 35.0. The number of benzodiazepines with no additional fused rings is 1. The standard InChI is InChI=1S/C24H30N6O2/c1-3-13-30-20-10-5-4-9-19(20)22(29-14-11-25-12-15-29)27-21(23(30)31)28-24(32)26-18-8-6-7-17(2)16-18/h4-10,16,21,25H,3,11-15H2,1-2H3,(H2,26,28,32)/t21-/m0/s1. The molecule has 2 aliphatic rings. The molecule has 0 saturated carbocycles. The van der Waals surface area contributed by atoms with Gasteiger partial charge in [0.05, 0.1) is 5.69 Å². The number of benzene rings is 2. The van der Waals surface area contributed by atoms with E-state index < -0.39 is 12.2 Å². The van der Waals surface area contributed by atoms with Crippen molar-refractivity contribution in [1.82, 2.24) is 15.5 Å². The number of piperazine rings is 1. The smallest absolute Gasteiger partial charge is 0.321 e. The fourth-order valence-electron chi connectivity index (χ4n) is 4.10. The number of carbonyl (C=O) groups is 2. The van der Waals surface area contributed by atoms with Crippen LogP contribution in [0.4, 0.5) is 16.2 Å². The maximum atomic E-state index is 13.5.